The molecule has 0 saturated heterocycles. The number of aliphatic hydroxyl groups excluding tert-OH is 1. The van der Waals surface area contributed by atoms with E-state index in [2.05, 4.69) is 14.7 Å². The first-order chi connectivity index (χ1) is 15.1. The van der Waals surface area contributed by atoms with E-state index in [-0.39, 0.29) is 37.6 Å². The summed E-state index contributed by atoms with van der Waals surface area (Å²) in [5, 5.41) is 9.69. The lowest BCUT2D eigenvalue weighted by molar-refractivity contribution is 0.281. The van der Waals surface area contributed by atoms with Crippen molar-refractivity contribution in [2.24, 2.45) is 7.05 Å². The third-order valence-corrected chi connectivity index (χ3v) is 7.02. The van der Waals surface area contributed by atoms with Gasteiger partial charge in [-0.1, -0.05) is 35.3 Å². The Bertz CT molecular complexity index is 1470. The highest BCUT2D eigenvalue weighted by Crippen LogP contribution is 2.37. The van der Waals surface area contributed by atoms with Crippen LogP contribution in [0, 0.1) is 5.82 Å². The number of nitrogen functional groups attached to an aromatic ring is 1. The van der Waals surface area contributed by atoms with Crippen LogP contribution in [0.3, 0.4) is 0 Å². The van der Waals surface area contributed by atoms with E-state index in [1.54, 1.807) is 17.8 Å². The van der Waals surface area contributed by atoms with Crippen LogP contribution in [0.2, 0.25) is 10.0 Å². The van der Waals surface area contributed by atoms with Gasteiger partial charge in [-0.3, -0.25) is 4.72 Å². The van der Waals surface area contributed by atoms with Gasteiger partial charge in [-0.15, -0.1) is 0 Å². The van der Waals surface area contributed by atoms with E-state index in [4.69, 9.17) is 28.9 Å². The highest BCUT2D eigenvalue weighted by molar-refractivity contribution is 7.92. The lowest BCUT2D eigenvalue weighted by atomic mass is 10.0. The maximum Gasteiger partial charge on any atom is 0.263 e. The lowest BCUT2D eigenvalue weighted by Crippen LogP contribution is -2.15. The van der Waals surface area contributed by atoms with E-state index < -0.39 is 22.4 Å². The molecule has 4 rings (SSSR count). The van der Waals surface area contributed by atoms with Gasteiger partial charge in [-0.2, -0.15) is 0 Å². The molecule has 4 aromatic rings. The Morgan fingerprint density at radius 2 is 1.97 bits per heavy atom. The number of aliphatic hydroxyl groups is 1. The highest BCUT2D eigenvalue weighted by Gasteiger charge is 2.24. The number of benzene rings is 2. The van der Waals surface area contributed by atoms with Crippen LogP contribution in [0.1, 0.15) is 5.56 Å². The molecule has 0 aliphatic carbocycles. The van der Waals surface area contributed by atoms with Crippen molar-refractivity contribution in [2.45, 2.75) is 11.5 Å². The fraction of sp³-hybridized carbons (Fsp3) is 0.100. The summed E-state index contributed by atoms with van der Waals surface area (Å²) in [5.41, 5.74) is 6.81. The molecule has 0 spiro atoms. The number of fused-ring (bicyclic) bond motifs is 1. The van der Waals surface area contributed by atoms with Crippen molar-refractivity contribution >= 4 is 55.8 Å². The number of aromatic nitrogens is 3. The Balaban J connectivity index is 1.83. The normalized spacial score (nSPS) is 11.8. The van der Waals surface area contributed by atoms with Crippen LogP contribution in [-0.2, 0) is 23.7 Å². The average molecular weight is 496 g/mol. The largest absolute Gasteiger partial charge is 0.392 e. The van der Waals surface area contributed by atoms with E-state index >= 15 is 4.39 Å². The molecule has 0 unspecified atom stereocenters. The molecule has 8 nitrogen and oxygen atoms in total. The van der Waals surface area contributed by atoms with Crippen LogP contribution in [-0.4, -0.2) is 28.1 Å². The zero-order valence-electron chi connectivity index (χ0n) is 16.5. The molecule has 2 aromatic heterocycles. The fourth-order valence-electron chi connectivity index (χ4n) is 3.39. The maximum atomic E-state index is 15.5. The van der Waals surface area contributed by atoms with Gasteiger partial charge >= 0.3 is 0 Å². The number of sulfonamides is 1. The van der Waals surface area contributed by atoms with Crippen molar-refractivity contribution in [1.29, 1.82) is 0 Å². The van der Waals surface area contributed by atoms with Crippen molar-refractivity contribution in [3.05, 3.63) is 64.3 Å². The van der Waals surface area contributed by atoms with Crippen LogP contribution in [0.4, 0.5) is 15.9 Å². The van der Waals surface area contributed by atoms with Crippen molar-refractivity contribution in [3.8, 4) is 11.1 Å². The third-order valence-electron chi connectivity index (χ3n) is 4.86. The second kappa shape index (κ2) is 8.21. The van der Waals surface area contributed by atoms with E-state index in [0.717, 1.165) is 6.07 Å². The summed E-state index contributed by atoms with van der Waals surface area (Å²) in [6.45, 7) is -0.518. The monoisotopic (exact) mass is 495 g/mol. The van der Waals surface area contributed by atoms with Gasteiger partial charge in [0.25, 0.3) is 10.0 Å². The fourth-order valence-corrected chi connectivity index (χ4v) is 5.37. The summed E-state index contributed by atoms with van der Waals surface area (Å²) < 4.78 is 45.3. The van der Waals surface area contributed by atoms with Gasteiger partial charge in [0.05, 0.1) is 22.7 Å². The molecule has 0 saturated carbocycles. The minimum atomic E-state index is -4.34. The molecule has 4 N–H and O–H groups in total. The molecule has 2 aromatic carbocycles. The topological polar surface area (TPSA) is 123 Å². The number of hydrogen-bond donors (Lipinski definition) is 3. The number of aryl methyl sites for hydroxylation is 1. The molecular weight excluding hydrogens is 480 g/mol. The van der Waals surface area contributed by atoms with Crippen molar-refractivity contribution in [2.75, 3.05) is 10.5 Å². The maximum absolute atomic E-state index is 15.5. The molecule has 12 heteroatoms. The third kappa shape index (κ3) is 3.75. The molecule has 0 atom stereocenters. The Kier molecular flexibility index (Phi) is 5.72. The number of anilines is 2. The van der Waals surface area contributed by atoms with Gasteiger partial charge in [0, 0.05) is 29.4 Å². The SMILES string of the molecule is Cn1cc(-c2cccc(NS(=O)(=O)c3cc(Cl)cc(CO)c3Cl)c2F)c2c(N)ncnc21. The number of nitrogens with zero attached hydrogens (tertiary/aromatic N) is 3. The summed E-state index contributed by atoms with van der Waals surface area (Å²) in [4.78, 5) is 7.74. The average Bonchev–Trinajstić information content (AvgIpc) is 3.08. The molecule has 0 aliphatic rings. The molecule has 166 valence electrons. The van der Waals surface area contributed by atoms with Crippen LogP contribution in [0.25, 0.3) is 22.2 Å². The van der Waals surface area contributed by atoms with E-state index in [1.807, 2.05) is 0 Å². The van der Waals surface area contributed by atoms with Crippen molar-refractivity contribution in [1.82, 2.24) is 14.5 Å². The van der Waals surface area contributed by atoms with Gasteiger partial charge in [-0.05, 0) is 23.8 Å². The van der Waals surface area contributed by atoms with Crippen LogP contribution in [0.5, 0.6) is 0 Å². The Labute approximate surface area is 192 Å². The summed E-state index contributed by atoms with van der Waals surface area (Å²) >= 11 is 12.1. The smallest absolute Gasteiger partial charge is 0.263 e. The predicted molar refractivity (Wildman–Crippen MR) is 122 cm³/mol. The molecule has 0 amide bonds. The second-order valence-electron chi connectivity index (χ2n) is 6.92. The predicted octanol–water partition coefficient (Wildman–Crippen LogP) is 3.96. The lowest BCUT2D eigenvalue weighted by Gasteiger charge is -2.14. The van der Waals surface area contributed by atoms with Gasteiger partial charge in [-0.25, -0.2) is 22.8 Å². The van der Waals surface area contributed by atoms with Gasteiger partial charge < -0.3 is 15.4 Å². The Morgan fingerprint density at radius 1 is 1.22 bits per heavy atom. The summed E-state index contributed by atoms with van der Waals surface area (Å²) in [6, 6.07) is 6.72. The molecule has 0 bridgehead atoms. The Morgan fingerprint density at radius 3 is 2.69 bits per heavy atom. The summed E-state index contributed by atoms with van der Waals surface area (Å²) in [5.74, 6) is -0.661. The van der Waals surface area contributed by atoms with Crippen LogP contribution < -0.4 is 10.5 Å². The zero-order chi connectivity index (χ0) is 23.2. The number of hydrogen-bond acceptors (Lipinski definition) is 6. The van der Waals surface area contributed by atoms with Crippen LogP contribution in [0.15, 0.2) is 47.8 Å². The number of halogens is 3. The first kappa shape index (κ1) is 22.3. The van der Waals surface area contributed by atoms with Gasteiger partial charge in [0.15, 0.2) is 5.82 Å². The first-order valence-corrected chi connectivity index (χ1v) is 11.3. The van der Waals surface area contributed by atoms with Crippen LogP contribution >= 0.6 is 23.2 Å². The quantitative estimate of drug-likeness (QED) is 0.385. The number of nitrogens with two attached hydrogens (primary N) is 1. The van der Waals surface area contributed by atoms with Gasteiger partial charge in [0.1, 0.15) is 22.7 Å². The molecule has 0 radical (unpaired) electrons. The number of rotatable bonds is 5. The second-order valence-corrected chi connectivity index (χ2v) is 9.38. The summed E-state index contributed by atoms with van der Waals surface area (Å²) in [7, 11) is -2.61. The van der Waals surface area contributed by atoms with Crippen molar-refractivity contribution < 1.29 is 17.9 Å². The molecule has 0 fully saturated rings. The minimum absolute atomic E-state index is 0.0549. The highest BCUT2D eigenvalue weighted by atomic mass is 35.5. The van der Waals surface area contributed by atoms with E-state index in [0.29, 0.717) is 16.6 Å². The minimum Gasteiger partial charge on any atom is -0.392 e. The first-order valence-electron chi connectivity index (χ1n) is 9.10. The van der Waals surface area contributed by atoms with E-state index in [1.165, 1.54) is 30.6 Å². The van der Waals surface area contributed by atoms with Crippen molar-refractivity contribution in [3.63, 3.8) is 0 Å². The standard InChI is InChI=1S/C20H16Cl2FN5O3S/c1-28-7-13(16-19(24)25-9-26-20(16)28)12-3-2-4-14(18(12)23)27-32(30,31)15-6-11(21)5-10(8-29)17(15)22/h2-7,9,27,29H,8H2,1H3,(H2,24,25,26). The number of nitrogens with one attached hydrogen (secondary N) is 1. The molecule has 32 heavy (non-hydrogen) atoms. The molecule has 2 heterocycles. The molecule has 0 aliphatic heterocycles. The Hall–Kier alpha value is -2.92. The zero-order valence-corrected chi connectivity index (χ0v) is 18.8. The van der Waals surface area contributed by atoms with E-state index in [9.17, 15) is 13.5 Å². The van der Waals surface area contributed by atoms with Gasteiger partial charge in [0.2, 0.25) is 0 Å². The summed E-state index contributed by atoms with van der Waals surface area (Å²) in [6.07, 6.45) is 2.94. The molecular formula is C20H16Cl2FN5O3S.